The highest BCUT2D eigenvalue weighted by Crippen LogP contribution is 2.30. The van der Waals surface area contributed by atoms with E-state index in [0.717, 1.165) is 21.3 Å². The van der Waals surface area contributed by atoms with Gasteiger partial charge < -0.3 is 15.5 Å². The maximum absolute atomic E-state index is 12.1. The number of hydrogen-bond acceptors (Lipinski definition) is 7. The second kappa shape index (κ2) is 6.26. The second-order valence-electron chi connectivity index (χ2n) is 5.40. The Morgan fingerprint density at radius 1 is 1.28 bits per heavy atom. The van der Waals surface area contributed by atoms with E-state index >= 15 is 0 Å². The first-order chi connectivity index (χ1) is 12.1. The predicted octanol–water partition coefficient (Wildman–Crippen LogP) is 3.38. The molecule has 0 fully saturated rings. The van der Waals surface area contributed by atoms with Crippen LogP contribution in [-0.4, -0.2) is 28.6 Å². The normalized spacial score (nSPS) is 13.3. The van der Waals surface area contributed by atoms with Gasteiger partial charge in [-0.3, -0.25) is 10.2 Å². The van der Waals surface area contributed by atoms with Gasteiger partial charge in [0.2, 0.25) is 5.01 Å². The van der Waals surface area contributed by atoms with E-state index in [2.05, 4.69) is 20.8 Å². The number of carbonyl (C=O) groups is 1. The van der Waals surface area contributed by atoms with Gasteiger partial charge in [-0.2, -0.15) is 0 Å². The number of thiophene rings is 1. The summed E-state index contributed by atoms with van der Waals surface area (Å²) in [6.07, 6.45) is 0. The Bertz CT molecular complexity index is 946. The van der Waals surface area contributed by atoms with Gasteiger partial charge >= 0.3 is 0 Å². The molecule has 1 aliphatic heterocycles. The molecule has 9 heteroatoms. The van der Waals surface area contributed by atoms with Crippen molar-refractivity contribution < 1.29 is 4.79 Å². The maximum Gasteiger partial charge on any atom is 0.286 e. The summed E-state index contributed by atoms with van der Waals surface area (Å²) in [6.45, 7) is 2.35. The van der Waals surface area contributed by atoms with Crippen molar-refractivity contribution in [1.82, 2.24) is 10.2 Å². The zero-order valence-corrected chi connectivity index (χ0v) is 14.9. The number of amides is 1. The van der Waals surface area contributed by atoms with E-state index in [1.807, 2.05) is 47.5 Å². The molecular weight excluding hydrogens is 356 g/mol. The highest BCUT2D eigenvalue weighted by molar-refractivity contribution is 7.14. The fraction of sp³-hybridized carbons (Fsp3) is 0.125. The third-order valence-electron chi connectivity index (χ3n) is 3.75. The Morgan fingerprint density at radius 3 is 2.80 bits per heavy atom. The number of amidine groups is 1. The molecule has 126 valence electrons. The molecule has 0 bridgehead atoms. The number of aromatic nitrogens is 2. The minimum absolute atomic E-state index is 0.270. The first-order valence-corrected chi connectivity index (χ1v) is 9.21. The number of fused-ring (bicyclic) bond motifs is 1. The molecule has 1 aliphatic rings. The zero-order valence-electron chi connectivity index (χ0n) is 13.2. The van der Waals surface area contributed by atoms with E-state index < -0.39 is 0 Å². The highest BCUT2D eigenvalue weighted by Gasteiger charge is 2.23. The molecule has 0 spiro atoms. The van der Waals surface area contributed by atoms with Gasteiger partial charge in [0.15, 0.2) is 0 Å². The van der Waals surface area contributed by atoms with Gasteiger partial charge in [0.1, 0.15) is 15.8 Å². The largest absolute Gasteiger partial charge is 0.359 e. The number of benzene rings is 1. The Kier molecular flexibility index (Phi) is 3.94. The van der Waals surface area contributed by atoms with E-state index in [1.54, 1.807) is 11.3 Å². The highest BCUT2D eigenvalue weighted by atomic mass is 32.1. The molecule has 3 aromatic rings. The molecule has 25 heavy (non-hydrogen) atoms. The minimum atomic E-state index is -0.270. The van der Waals surface area contributed by atoms with Gasteiger partial charge in [-0.05, 0) is 42.6 Å². The van der Waals surface area contributed by atoms with Crippen LogP contribution in [0.2, 0.25) is 0 Å². The quantitative estimate of drug-likeness (QED) is 0.657. The summed E-state index contributed by atoms with van der Waals surface area (Å²) in [5, 5.41) is 26.3. The average molecular weight is 370 g/mol. The molecular formula is C16H14N6OS2. The Labute approximate surface area is 151 Å². The number of carbonyl (C=O) groups excluding carboxylic acids is 1. The molecule has 0 atom stereocenters. The number of nitrogens with zero attached hydrogens (tertiary/aromatic N) is 3. The topological polar surface area (TPSA) is 94.0 Å². The lowest BCUT2D eigenvalue weighted by Gasteiger charge is -2.30. The average Bonchev–Trinajstić information content (AvgIpc) is 3.25. The summed E-state index contributed by atoms with van der Waals surface area (Å²) in [5.74, 6) is 0.199. The molecule has 0 unspecified atom stereocenters. The van der Waals surface area contributed by atoms with Crippen LogP contribution in [0.4, 0.5) is 16.4 Å². The summed E-state index contributed by atoms with van der Waals surface area (Å²) < 4.78 is 0. The van der Waals surface area contributed by atoms with Crippen LogP contribution in [0.25, 0.3) is 0 Å². The number of rotatable bonds is 3. The Hall–Kier alpha value is -2.78. The minimum Gasteiger partial charge on any atom is -0.359 e. The Morgan fingerprint density at radius 2 is 2.08 bits per heavy atom. The van der Waals surface area contributed by atoms with Crippen LogP contribution < -0.4 is 15.5 Å². The molecule has 4 rings (SSSR count). The van der Waals surface area contributed by atoms with E-state index in [9.17, 15) is 4.79 Å². The van der Waals surface area contributed by atoms with Gasteiger partial charge in [0, 0.05) is 11.4 Å². The van der Waals surface area contributed by atoms with Gasteiger partial charge in [0.05, 0.1) is 12.2 Å². The summed E-state index contributed by atoms with van der Waals surface area (Å²) in [4.78, 5) is 14.0. The van der Waals surface area contributed by atoms with Crippen LogP contribution >= 0.6 is 22.7 Å². The molecule has 3 heterocycles. The van der Waals surface area contributed by atoms with Gasteiger partial charge in [0.25, 0.3) is 5.91 Å². The summed E-state index contributed by atoms with van der Waals surface area (Å²) in [7, 11) is 0. The van der Waals surface area contributed by atoms with E-state index in [4.69, 9.17) is 5.41 Å². The standard InChI is InChI=1S/C16H14N6OS2/c1-9-20-21-16(25-9)14(23)19-10-2-4-11(5-3-10)22-8-18-15-12(13(22)17)6-7-24-15/h2-7,17-18H,8H2,1H3,(H,19,23). The van der Waals surface area contributed by atoms with Crippen molar-refractivity contribution in [2.45, 2.75) is 6.92 Å². The molecule has 0 aliphatic carbocycles. The van der Waals surface area contributed by atoms with E-state index in [1.165, 1.54) is 11.3 Å². The summed E-state index contributed by atoms with van der Waals surface area (Å²) in [6, 6.07) is 9.35. The lowest BCUT2D eigenvalue weighted by Crippen LogP contribution is -2.39. The zero-order chi connectivity index (χ0) is 17.4. The molecule has 0 saturated heterocycles. The smallest absolute Gasteiger partial charge is 0.286 e. The molecule has 2 aromatic heterocycles. The van der Waals surface area contributed by atoms with Crippen molar-refractivity contribution >= 4 is 50.8 Å². The first-order valence-electron chi connectivity index (χ1n) is 7.51. The molecule has 1 aromatic carbocycles. The van der Waals surface area contributed by atoms with Gasteiger partial charge in [-0.25, -0.2) is 0 Å². The molecule has 7 nitrogen and oxygen atoms in total. The van der Waals surface area contributed by atoms with Crippen LogP contribution in [0.3, 0.4) is 0 Å². The van der Waals surface area contributed by atoms with Gasteiger partial charge in [-0.1, -0.05) is 11.3 Å². The molecule has 0 radical (unpaired) electrons. The van der Waals surface area contributed by atoms with Crippen LogP contribution in [0, 0.1) is 12.3 Å². The van der Waals surface area contributed by atoms with Crippen LogP contribution in [0.1, 0.15) is 20.4 Å². The van der Waals surface area contributed by atoms with Crippen molar-refractivity contribution in [3.8, 4) is 0 Å². The monoisotopic (exact) mass is 370 g/mol. The lowest BCUT2D eigenvalue weighted by molar-refractivity contribution is 0.102. The second-order valence-corrected chi connectivity index (χ2v) is 7.50. The SMILES string of the molecule is Cc1nnc(C(=O)Nc2ccc(N3CNc4sccc4C3=N)cc2)s1. The van der Waals surface area contributed by atoms with Gasteiger partial charge in [-0.15, -0.1) is 21.5 Å². The summed E-state index contributed by atoms with van der Waals surface area (Å²) in [5.41, 5.74) is 2.47. The number of anilines is 3. The molecule has 1 amide bonds. The van der Waals surface area contributed by atoms with E-state index in [-0.39, 0.29) is 5.91 Å². The number of nitrogens with one attached hydrogen (secondary N) is 3. The molecule has 0 saturated carbocycles. The Balaban J connectivity index is 1.49. The lowest BCUT2D eigenvalue weighted by atomic mass is 10.2. The fourth-order valence-corrected chi connectivity index (χ4v) is 3.89. The van der Waals surface area contributed by atoms with Crippen LogP contribution in [-0.2, 0) is 0 Å². The van der Waals surface area contributed by atoms with Crippen molar-refractivity contribution in [2.75, 3.05) is 22.2 Å². The van der Waals surface area contributed by atoms with Crippen LogP contribution in [0.15, 0.2) is 35.7 Å². The van der Waals surface area contributed by atoms with Crippen molar-refractivity contribution in [3.05, 3.63) is 51.3 Å². The van der Waals surface area contributed by atoms with Crippen molar-refractivity contribution in [2.24, 2.45) is 0 Å². The third-order valence-corrected chi connectivity index (χ3v) is 5.45. The van der Waals surface area contributed by atoms with Crippen LogP contribution in [0.5, 0.6) is 0 Å². The van der Waals surface area contributed by atoms with Crippen molar-refractivity contribution in [1.29, 1.82) is 5.41 Å². The fourth-order valence-electron chi connectivity index (χ4n) is 2.53. The summed E-state index contributed by atoms with van der Waals surface area (Å²) >= 11 is 2.86. The number of aryl methyl sites for hydroxylation is 1. The van der Waals surface area contributed by atoms with Crippen molar-refractivity contribution in [3.63, 3.8) is 0 Å². The predicted molar refractivity (Wildman–Crippen MR) is 101 cm³/mol. The maximum atomic E-state index is 12.1. The first kappa shape index (κ1) is 15.7. The van der Waals surface area contributed by atoms with E-state index in [0.29, 0.717) is 23.2 Å². The third kappa shape index (κ3) is 2.99. The molecule has 3 N–H and O–H groups in total. The number of hydrogen-bond donors (Lipinski definition) is 3.